The second-order valence-electron chi connectivity index (χ2n) is 10.4. The van der Waals surface area contributed by atoms with Gasteiger partial charge in [-0.3, -0.25) is 9.59 Å². The maximum Gasteiger partial charge on any atom is 0.408 e. The van der Waals surface area contributed by atoms with Crippen LogP contribution in [0.25, 0.3) is 0 Å². The molecule has 1 rings (SSSR count). The molecule has 0 fully saturated rings. The summed E-state index contributed by atoms with van der Waals surface area (Å²) in [6.45, 7) is 15.5. The van der Waals surface area contributed by atoms with Crippen LogP contribution in [0, 0.1) is 6.92 Å². The molecule has 1 aromatic carbocycles. The zero-order chi connectivity index (χ0) is 26.6. The van der Waals surface area contributed by atoms with Crippen molar-refractivity contribution in [2.75, 3.05) is 6.54 Å². The van der Waals surface area contributed by atoms with Crippen molar-refractivity contribution in [2.24, 2.45) is 0 Å². The van der Waals surface area contributed by atoms with Crippen molar-refractivity contribution in [3.05, 3.63) is 35.4 Å². The zero-order valence-electron chi connectivity index (χ0n) is 23.1. The fourth-order valence-electron chi connectivity index (χ4n) is 4.04. The Labute approximate surface area is 212 Å². The first-order valence-corrected chi connectivity index (χ1v) is 13.1. The van der Waals surface area contributed by atoms with Gasteiger partial charge in [0.1, 0.15) is 17.7 Å². The lowest BCUT2D eigenvalue weighted by molar-refractivity contribution is -0.142. The average Bonchev–Trinajstić information content (AvgIpc) is 2.75. The van der Waals surface area contributed by atoms with E-state index in [0.29, 0.717) is 6.54 Å². The molecule has 7 heteroatoms. The van der Waals surface area contributed by atoms with Crippen molar-refractivity contribution in [1.82, 2.24) is 15.5 Å². The molecule has 3 unspecified atom stereocenters. The Hall–Kier alpha value is -2.57. The molecular formula is C28H47N3O4. The summed E-state index contributed by atoms with van der Waals surface area (Å²) >= 11 is 0. The largest absolute Gasteiger partial charge is 0.444 e. The molecular weight excluding hydrogens is 442 g/mol. The Kier molecular flexibility index (Phi) is 12.8. The molecule has 0 aliphatic carbocycles. The quantitative estimate of drug-likeness (QED) is 0.350. The number of aryl methyl sites for hydroxylation is 1. The van der Waals surface area contributed by atoms with Crippen LogP contribution < -0.4 is 10.6 Å². The van der Waals surface area contributed by atoms with E-state index in [1.165, 1.54) is 0 Å². The Bertz CT molecular complexity index is 819. The van der Waals surface area contributed by atoms with Gasteiger partial charge in [0.25, 0.3) is 0 Å². The number of rotatable bonds is 13. The first-order chi connectivity index (χ1) is 16.4. The van der Waals surface area contributed by atoms with E-state index in [1.54, 1.807) is 32.6 Å². The van der Waals surface area contributed by atoms with Crippen molar-refractivity contribution < 1.29 is 19.1 Å². The van der Waals surface area contributed by atoms with Crippen molar-refractivity contribution in [1.29, 1.82) is 0 Å². The van der Waals surface area contributed by atoms with Gasteiger partial charge in [-0.15, -0.1) is 0 Å². The number of hydrogen-bond acceptors (Lipinski definition) is 4. The molecule has 198 valence electrons. The topological polar surface area (TPSA) is 87.7 Å². The van der Waals surface area contributed by atoms with Crippen LogP contribution in [0.5, 0.6) is 0 Å². The van der Waals surface area contributed by atoms with E-state index >= 15 is 0 Å². The van der Waals surface area contributed by atoms with Gasteiger partial charge in [-0.2, -0.15) is 0 Å². The lowest BCUT2D eigenvalue weighted by atomic mass is 9.97. The Morgan fingerprint density at radius 3 is 2.20 bits per heavy atom. The first-order valence-electron chi connectivity index (χ1n) is 13.1. The van der Waals surface area contributed by atoms with Crippen molar-refractivity contribution >= 4 is 17.9 Å². The molecule has 3 amide bonds. The first kappa shape index (κ1) is 30.5. The normalized spacial score (nSPS) is 13.9. The monoisotopic (exact) mass is 489 g/mol. The standard InChI is InChI=1S/C28H47N3O4/c1-9-11-12-15-19-31(26(33)22(5)30-27(34)35-28(6,7)8)24(23-18-14-13-17-20(23)3)25(32)29-21(4)16-10-2/h13-14,17-18,21-22,24H,9-12,15-16,19H2,1-8H3,(H,29,32)(H,30,34). The highest BCUT2D eigenvalue weighted by atomic mass is 16.6. The fourth-order valence-corrected chi connectivity index (χ4v) is 4.04. The molecule has 7 nitrogen and oxygen atoms in total. The average molecular weight is 490 g/mol. The van der Waals surface area contributed by atoms with Crippen molar-refractivity contribution in [2.45, 2.75) is 118 Å². The molecule has 0 radical (unpaired) electrons. The molecule has 0 spiro atoms. The molecule has 1 aromatic rings. The predicted octanol–water partition coefficient (Wildman–Crippen LogP) is 5.66. The summed E-state index contributed by atoms with van der Waals surface area (Å²) in [6, 6.07) is 6.04. The molecule has 0 aromatic heterocycles. The summed E-state index contributed by atoms with van der Waals surface area (Å²) in [5.41, 5.74) is 1.06. The molecule has 0 aliphatic rings. The molecule has 3 atom stereocenters. The van der Waals surface area contributed by atoms with Gasteiger partial charge in [-0.1, -0.05) is 63.8 Å². The molecule has 35 heavy (non-hydrogen) atoms. The number of amides is 3. The van der Waals surface area contributed by atoms with E-state index in [-0.39, 0.29) is 17.9 Å². The fraction of sp³-hybridized carbons (Fsp3) is 0.679. The maximum atomic E-state index is 13.7. The number of ether oxygens (including phenoxy) is 1. The van der Waals surface area contributed by atoms with Crippen LogP contribution in [0.1, 0.15) is 104 Å². The van der Waals surface area contributed by atoms with Gasteiger partial charge in [0.15, 0.2) is 0 Å². The third-order valence-electron chi connectivity index (χ3n) is 5.79. The van der Waals surface area contributed by atoms with E-state index in [4.69, 9.17) is 4.74 Å². The minimum absolute atomic E-state index is 0.00614. The van der Waals surface area contributed by atoms with Crippen LogP contribution in [0.3, 0.4) is 0 Å². The summed E-state index contributed by atoms with van der Waals surface area (Å²) in [4.78, 5) is 41.3. The van der Waals surface area contributed by atoms with Crippen LogP contribution in [0.2, 0.25) is 0 Å². The number of hydrogen-bond donors (Lipinski definition) is 2. The zero-order valence-corrected chi connectivity index (χ0v) is 23.1. The molecule has 0 aliphatic heterocycles. The molecule has 0 saturated carbocycles. The van der Waals surface area contributed by atoms with Gasteiger partial charge in [0.05, 0.1) is 0 Å². The smallest absolute Gasteiger partial charge is 0.408 e. The van der Waals surface area contributed by atoms with Crippen molar-refractivity contribution in [3.8, 4) is 0 Å². The van der Waals surface area contributed by atoms with Crippen LogP contribution in [-0.2, 0) is 14.3 Å². The minimum Gasteiger partial charge on any atom is -0.444 e. The molecule has 0 saturated heterocycles. The van der Waals surface area contributed by atoms with Crippen LogP contribution in [0.4, 0.5) is 4.79 Å². The van der Waals surface area contributed by atoms with Crippen LogP contribution >= 0.6 is 0 Å². The molecule has 0 heterocycles. The highest BCUT2D eigenvalue weighted by molar-refractivity contribution is 5.92. The highest BCUT2D eigenvalue weighted by Crippen LogP contribution is 2.26. The summed E-state index contributed by atoms with van der Waals surface area (Å²) in [7, 11) is 0. The lowest BCUT2D eigenvalue weighted by Crippen LogP contribution is -2.53. The number of carbonyl (C=O) groups is 3. The highest BCUT2D eigenvalue weighted by Gasteiger charge is 2.35. The minimum atomic E-state index is -0.844. The Morgan fingerprint density at radius 1 is 0.971 bits per heavy atom. The second-order valence-corrected chi connectivity index (χ2v) is 10.4. The van der Waals surface area contributed by atoms with Gasteiger partial charge < -0.3 is 20.3 Å². The summed E-state index contributed by atoms with van der Waals surface area (Å²) in [6.07, 6.45) is 5.02. The number of nitrogens with one attached hydrogen (secondary N) is 2. The Morgan fingerprint density at radius 2 is 1.63 bits per heavy atom. The summed E-state index contributed by atoms with van der Waals surface area (Å²) in [5, 5.41) is 5.76. The van der Waals surface area contributed by atoms with E-state index in [1.807, 2.05) is 38.1 Å². The van der Waals surface area contributed by atoms with E-state index in [9.17, 15) is 14.4 Å². The number of benzene rings is 1. The lowest BCUT2D eigenvalue weighted by Gasteiger charge is -2.35. The molecule has 2 N–H and O–H groups in total. The molecule has 0 bridgehead atoms. The van der Waals surface area contributed by atoms with E-state index in [0.717, 1.165) is 49.7 Å². The van der Waals surface area contributed by atoms with Gasteiger partial charge in [-0.05, 0) is 65.5 Å². The number of nitrogens with zero attached hydrogens (tertiary/aromatic N) is 1. The van der Waals surface area contributed by atoms with Crippen LogP contribution in [-0.4, -0.2) is 47.0 Å². The van der Waals surface area contributed by atoms with Crippen LogP contribution in [0.15, 0.2) is 24.3 Å². The SMILES string of the molecule is CCCCCCN(C(=O)C(C)NC(=O)OC(C)(C)C)C(C(=O)NC(C)CCC)c1ccccc1C. The van der Waals surface area contributed by atoms with Gasteiger partial charge in [-0.25, -0.2) is 4.79 Å². The maximum absolute atomic E-state index is 13.7. The van der Waals surface area contributed by atoms with Gasteiger partial charge in [0.2, 0.25) is 11.8 Å². The number of alkyl carbamates (subject to hydrolysis) is 1. The summed E-state index contributed by atoms with van der Waals surface area (Å²) in [5.74, 6) is -0.507. The predicted molar refractivity (Wildman–Crippen MR) is 141 cm³/mol. The number of unbranched alkanes of at least 4 members (excludes halogenated alkanes) is 3. The third kappa shape index (κ3) is 10.7. The van der Waals surface area contributed by atoms with Gasteiger partial charge in [0, 0.05) is 12.6 Å². The van der Waals surface area contributed by atoms with Crippen molar-refractivity contribution in [3.63, 3.8) is 0 Å². The van der Waals surface area contributed by atoms with E-state index in [2.05, 4.69) is 24.5 Å². The van der Waals surface area contributed by atoms with Gasteiger partial charge >= 0.3 is 6.09 Å². The second kappa shape index (κ2) is 14.7. The van der Waals surface area contributed by atoms with E-state index < -0.39 is 23.8 Å². The third-order valence-corrected chi connectivity index (χ3v) is 5.79. The Balaban J connectivity index is 3.32. The number of carbonyl (C=O) groups excluding carboxylic acids is 3. The summed E-state index contributed by atoms with van der Waals surface area (Å²) < 4.78 is 5.34.